The molecule has 0 aromatic rings. The summed E-state index contributed by atoms with van der Waals surface area (Å²) in [7, 11) is 0. The maximum atomic E-state index is 10.2. The molecule has 0 fully saturated rings. The number of nitrogens with one attached hydrogen (secondary N) is 1. The fraction of sp³-hybridized carbons (Fsp3) is 0.800. The zero-order valence-electron chi connectivity index (χ0n) is 5.39. The molecule has 0 bridgehead atoms. The first-order chi connectivity index (χ1) is 4.31. The van der Waals surface area contributed by atoms with Crippen molar-refractivity contribution >= 4 is 5.91 Å². The van der Waals surface area contributed by atoms with E-state index in [1.807, 2.05) is 6.92 Å². The van der Waals surface area contributed by atoms with Crippen molar-refractivity contribution in [2.75, 3.05) is 13.2 Å². The first-order valence-electron chi connectivity index (χ1n) is 2.82. The van der Waals surface area contributed by atoms with Crippen molar-refractivity contribution in [2.24, 2.45) is 0 Å². The van der Waals surface area contributed by atoms with Crippen molar-refractivity contribution in [2.45, 2.75) is 13.3 Å². The van der Waals surface area contributed by atoms with Crippen LogP contribution in [0.3, 0.4) is 0 Å². The van der Waals surface area contributed by atoms with E-state index in [-0.39, 0.29) is 6.42 Å². The Morgan fingerprint density at radius 1 is 1.78 bits per heavy atom. The number of ether oxygens (including phenoxy) is 1. The Bertz CT molecular complexity index is 84.3. The van der Waals surface area contributed by atoms with Crippen LogP contribution in [0.4, 0.5) is 0 Å². The van der Waals surface area contributed by atoms with Gasteiger partial charge in [-0.15, -0.1) is 0 Å². The van der Waals surface area contributed by atoms with Crippen LogP contribution < -0.4 is 5.48 Å². The minimum absolute atomic E-state index is 0.213. The minimum Gasteiger partial charge on any atom is -0.381 e. The van der Waals surface area contributed by atoms with Gasteiger partial charge in [0.1, 0.15) is 0 Å². The van der Waals surface area contributed by atoms with Crippen molar-refractivity contribution in [3.05, 3.63) is 0 Å². The van der Waals surface area contributed by atoms with Crippen LogP contribution in [-0.2, 0) is 9.53 Å². The SMILES string of the molecule is CCOCCC(=O)NO. The van der Waals surface area contributed by atoms with Crippen molar-refractivity contribution in [3.8, 4) is 0 Å². The van der Waals surface area contributed by atoms with Gasteiger partial charge in [-0.25, -0.2) is 5.48 Å². The Morgan fingerprint density at radius 3 is 2.89 bits per heavy atom. The molecule has 54 valence electrons. The second-order valence-electron chi connectivity index (χ2n) is 1.48. The van der Waals surface area contributed by atoms with Gasteiger partial charge in [-0.3, -0.25) is 10.0 Å². The summed E-state index contributed by atoms with van der Waals surface area (Å²) in [5.74, 6) is -0.413. The average molecular weight is 133 g/mol. The summed E-state index contributed by atoms with van der Waals surface area (Å²) in [6.07, 6.45) is 0.213. The highest BCUT2D eigenvalue weighted by molar-refractivity contribution is 5.74. The topological polar surface area (TPSA) is 58.6 Å². The van der Waals surface area contributed by atoms with E-state index in [1.165, 1.54) is 5.48 Å². The molecule has 1 amide bonds. The summed E-state index contributed by atoms with van der Waals surface area (Å²) in [6, 6.07) is 0. The summed E-state index contributed by atoms with van der Waals surface area (Å²) < 4.78 is 4.83. The fourth-order valence-electron chi connectivity index (χ4n) is 0.365. The molecule has 0 heterocycles. The van der Waals surface area contributed by atoms with Gasteiger partial charge in [0.05, 0.1) is 13.0 Å². The maximum Gasteiger partial charge on any atom is 0.245 e. The Balaban J connectivity index is 2.97. The van der Waals surface area contributed by atoms with Crippen LogP contribution in [0.2, 0.25) is 0 Å². The van der Waals surface area contributed by atoms with Crippen molar-refractivity contribution in [1.82, 2.24) is 5.48 Å². The van der Waals surface area contributed by atoms with Crippen molar-refractivity contribution < 1.29 is 14.7 Å². The molecule has 0 spiro atoms. The number of hydrogen-bond acceptors (Lipinski definition) is 3. The molecule has 0 saturated carbocycles. The largest absolute Gasteiger partial charge is 0.381 e. The van der Waals surface area contributed by atoms with Gasteiger partial charge in [0.15, 0.2) is 0 Å². The molecule has 2 N–H and O–H groups in total. The second kappa shape index (κ2) is 5.53. The standard InChI is InChI=1S/C5H11NO3/c1-2-9-4-3-5(7)6-8/h8H,2-4H2,1H3,(H,6,7). The van der Waals surface area contributed by atoms with Crippen LogP contribution in [0.5, 0.6) is 0 Å². The van der Waals surface area contributed by atoms with Crippen LogP contribution >= 0.6 is 0 Å². The highest BCUT2D eigenvalue weighted by Crippen LogP contribution is 1.80. The molecule has 0 saturated heterocycles. The van der Waals surface area contributed by atoms with Gasteiger partial charge in [0.25, 0.3) is 0 Å². The first-order valence-corrected chi connectivity index (χ1v) is 2.82. The fourth-order valence-corrected chi connectivity index (χ4v) is 0.365. The lowest BCUT2D eigenvalue weighted by atomic mass is 10.4. The zero-order chi connectivity index (χ0) is 7.11. The number of rotatable bonds is 4. The summed E-state index contributed by atoms with van der Waals surface area (Å²) in [5.41, 5.74) is 1.50. The maximum absolute atomic E-state index is 10.2. The minimum atomic E-state index is -0.413. The van der Waals surface area contributed by atoms with E-state index in [9.17, 15) is 4.79 Å². The molecule has 0 aliphatic rings. The summed E-state index contributed by atoms with van der Waals surface area (Å²) in [4.78, 5) is 10.2. The van der Waals surface area contributed by atoms with E-state index in [2.05, 4.69) is 0 Å². The molecule has 0 aliphatic heterocycles. The molecule has 0 rings (SSSR count). The predicted molar refractivity (Wildman–Crippen MR) is 31.0 cm³/mol. The van der Waals surface area contributed by atoms with Crippen molar-refractivity contribution in [1.29, 1.82) is 0 Å². The van der Waals surface area contributed by atoms with Crippen LogP contribution in [0.1, 0.15) is 13.3 Å². The molecular formula is C5H11NO3. The molecule has 0 aliphatic carbocycles. The van der Waals surface area contributed by atoms with E-state index >= 15 is 0 Å². The van der Waals surface area contributed by atoms with E-state index in [1.54, 1.807) is 0 Å². The Morgan fingerprint density at radius 2 is 2.44 bits per heavy atom. The normalized spacial score (nSPS) is 9.11. The number of amides is 1. The van der Waals surface area contributed by atoms with Gasteiger partial charge in [-0.2, -0.15) is 0 Å². The smallest absolute Gasteiger partial charge is 0.245 e. The molecule has 9 heavy (non-hydrogen) atoms. The second-order valence-corrected chi connectivity index (χ2v) is 1.48. The van der Waals surface area contributed by atoms with Gasteiger partial charge in [0.2, 0.25) is 5.91 Å². The monoisotopic (exact) mass is 133 g/mol. The predicted octanol–water partition coefficient (Wildman–Crippen LogP) is -0.0816. The van der Waals surface area contributed by atoms with Gasteiger partial charge < -0.3 is 4.74 Å². The highest BCUT2D eigenvalue weighted by Gasteiger charge is 1.95. The zero-order valence-corrected chi connectivity index (χ0v) is 5.39. The van der Waals surface area contributed by atoms with Crippen molar-refractivity contribution in [3.63, 3.8) is 0 Å². The summed E-state index contributed by atoms with van der Waals surface area (Å²) in [6.45, 7) is 2.80. The third kappa shape index (κ3) is 5.26. The van der Waals surface area contributed by atoms with Gasteiger partial charge in [-0.1, -0.05) is 0 Å². The van der Waals surface area contributed by atoms with Gasteiger partial charge >= 0.3 is 0 Å². The lowest BCUT2D eigenvalue weighted by Gasteiger charge is -1.97. The van der Waals surface area contributed by atoms with E-state index in [0.717, 1.165) is 0 Å². The number of hydrogen-bond donors (Lipinski definition) is 2. The lowest BCUT2D eigenvalue weighted by Crippen LogP contribution is -2.19. The first kappa shape index (κ1) is 8.39. The molecule has 4 heteroatoms. The lowest BCUT2D eigenvalue weighted by molar-refractivity contribution is -0.130. The summed E-state index contributed by atoms with van der Waals surface area (Å²) in [5, 5.41) is 7.98. The molecule has 0 aromatic heterocycles. The third-order valence-electron chi connectivity index (χ3n) is 0.802. The highest BCUT2D eigenvalue weighted by atomic mass is 16.5. The molecule has 4 nitrogen and oxygen atoms in total. The number of hydroxylamine groups is 1. The quantitative estimate of drug-likeness (QED) is 0.320. The Hall–Kier alpha value is -0.610. The molecule has 0 unspecified atom stereocenters. The van der Waals surface area contributed by atoms with Crippen LogP contribution in [0, 0.1) is 0 Å². The van der Waals surface area contributed by atoms with E-state index in [4.69, 9.17) is 9.94 Å². The van der Waals surface area contributed by atoms with Gasteiger partial charge in [-0.05, 0) is 6.92 Å². The molecular weight excluding hydrogens is 122 g/mol. The Labute approximate surface area is 53.8 Å². The van der Waals surface area contributed by atoms with Crippen LogP contribution in [-0.4, -0.2) is 24.3 Å². The molecule has 0 atom stereocenters. The Kier molecular flexibility index (Phi) is 5.15. The van der Waals surface area contributed by atoms with Crippen LogP contribution in [0.25, 0.3) is 0 Å². The molecule has 0 radical (unpaired) electrons. The van der Waals surface area contributed by atoms with E-state index in [0.29, 0.717) is 13.2 Å². The van der Waals surface area contributed by atoms with E-state index < -0.39 is 5.91 Å². The number of carbonyl (C=O) groups excluding carboxylic acids is 1. The average Bonchev–Trinajstić information content (AvgIpc) is 1.89. The third-order valence-corrected chi connectivity index (χ3v) is 0.802. The van der Waals surface area contributed by atoms with Gasteiger partial charge in [0, 0.05) is 6.61 Å². The number of carbonyl (C=O) groups is 1. The van der Waals surface area contributed by atoms with Crippen LogP contribution in [0.15, 0.2) is 0 Å². The molecule has 0 aromatic carbocycles. The summed E-state index contributed by atoms with van der Waals surface area (Å²) >= 11 is 0.